The van der Waals surface area contributed by atoms with Gasteiger partial charge in [-0.15, -0.1) is 0 Å². The summed E-state index contributed by atoms with van der Waals surface area (Å²) >= 11 is 0. The van der Waals surface area contributed by atoms with Gasteiger partial charge in [0.1, 0.15) is 10.7 Å². The Morgan fingerprint density at radius 1 is 1.69 bits per heavy atom. The van der Waals surface area contributed by atoms with Gasteiger partial charge in [0.2, 0.25) is 0 Å². The van der Waals surface area contributed by atoms with Gasteiger partial charge in [-0.3, -0.25) is 10.1 Å². The van der Waals surface area contributed by atoms with Gasteiger partial charge < -0.3 is 15.3 Å². The first-order valence-electron chi connectivity index (χ1n) is 3.74. The van der Waals surface area contributed by atoms with Crippen molar-refractivity contribution in [1.29, 1.82) is 0 Å². The Balaban J connectivity index is 2.84. The van der Waals surface area contributed by atoms with Crippen LogP contribution < -0.4 is 5.73 Å². The van der Waals surface area contributed by atoms with Crippen molar-refractivity contribution in [3.05, 3.63) is 28.0 Å². The maximum atomic E-state index is 10.2. The lowest BCUT2D eigenvalue weighted by molar-refractivity contribution is -0.402. The number of aliphatic hydroxyl groups is 1. The molecule has 0 aliphatic rings. The molecule has 1 rings (SSSR count). The van der Waals surface area contributed by atoms with Crippen LogP contribution in [0.5, 0.6) is 0 Å². The minimum atomic E-state index is -0.631. The third kappa shape index (κ3) is 2.04. The predicted molar refractivity (Wildman–Crippen MR) is 44.2 cm³/mol. The molecule has 6 nitrogen and oxygen atoms in total. The fraction of sp³-hybridized carbons (Fsp3) is 0.429. The monoisotopic (exact) mass is 186 g/mol. The lowest BCUT2D eigenvalue weighted by atomic mass is 10.1. The molecule has 0 amide bonds. The van der Waals surface area contributed by atoms with Gasteiger partial charge in [0.25, 0.3) is 0 Å². The normalized spacial score (nSPS) is 12.8. The summed E-state index contributed by atoms with van der Waals surface area (Å²) in [5.41, 5.74) is 5.31. The number of nitro groups is 1. The molecule has 0 saturated heterocycles. The van der Waals surface area contributed by atoms with Crippen molar-refractivity contribution in [3.63, 3.8) is 0 Å². The second kappa shape index (κ2) is 4.01. The van der Waals surface area contributed by atoms with Crippen LogP contribution >= 0.6 is 0 Å². The van der Waals surface area contributed by atoms with Crippen LogP contribution in [0.15, 0.2) is 16.5 Å². The fourth-order valence-electron chi connectivity index (χ4n) is 0.940. The highest BCUT2D eigenvalue weighted by Gasteiger charge is 2.17. The number of nitrogens with zero attached hydrogens (tertiary/aromatic N) is 1. The summed E-state index contributed by atoms with van der Waals surface area (Å²) in [6.45, 7) is 0.0162. The van der Waals surface area contributed by atoms with Crippen molar-refractivity contribution in [2.24, 2.45) is 5.73 Å². The molecule has 0 bridgehead atoms. The molecule has 3 N–H and O–H groups in total. The predicted octanol–water partition coefficient (Wildman–Crippen LogP) is 0.222. The smallest absolute Gasteiger partial charge is 0.405 e. The fourth-order valence-corrected chi connectivity index (χ4v) is 0.940. The van der Waals surface area contributed by atoms with E-state index in [2.05, 4.69) is 0 Å². The topological polar surface area (TPSA) is 103 Å². The summed E-state index contributed by atoms with van der Waals surface area (Å²) in [6, 6.07) is 2.69. The first kappa shape index (κ1) is 9.69. The van der Waals surface area contributed by atoms with Crippen molar-refractivity contribution in [2.75, 3.05) is 13.2 Å². The maximum absolute atomic E-state index is 10.2. The highest BCUT2D eigenvalue weighted by atomic mass is 16.6. The van der Waals surface area contributed by atoms with E-state index in [9.17, 15) is 10.1 Å². The van der Waals surface area contributed by atoms with Crippen LogP contribution in [0.25, 0.3) is 0 Å². The van der Waals surface area contributed by atoms with Crippen molar-refractivity contribution in [1.82, 2.24) is 0 Å². The van der Waals surface area contributed by atoms with Crippen LogP contribution in [0.3, 0.4) is 0 Å². The van der Waals surface area contributed by atoms with Crippen LogP contribution in [0.2, 0.25) is 0 Å². The summed E-state index contributed by atoms with van der Waals surface area (Å²) in [5, 5.41) is 19.0. The summed E-state index contributed by atoms with van der Waals surface area (Å²) in [5.74, 6) is -0.354. The molecule has 1 aromatic heterocycles. The van der Waals surface area contributed by atoms with E-state index in [1.807, 2.05) is 0 Å². The maximum Gasteiger partial charge on any atom is 0.433 e. The van der Waals surface area contributed by atoms with Crippen LogP contribution in [0.4, 0.5) is 5.88 Å². The Bertz CT molecular complexity index is 292. The first-order valence-corrected chi connectivity index (χ1v) is 3.74. The molecule has 6 heteroatoms. The van der Waals surface area contributed by atoms with Crippen LogP contribution in [-0.4, -0.2) is 23.2 Å². The molecular weight excluding hydrogens is 176 g/mol. The van der Waals surface area contributed by atoms with E-state index in [1.165, 1.54) is 12.1 Å². The number of hydrogen-bond donors (Lipinski definition) is 2. The quantitative estimate of drug-likeness (QED) is 0.517. The van der Waals surface area contributed by atoms with E-state index in [0.29, 0.717) is 5.76 Å². The summed E-state index contributed by atoms with van der Waals surface area (Å²) in [7, 11) is 0. The minimum absolute atomic E-state index is 0.179. The molecule has 0 radical (unpaired) electrons. The molecule has 1 aromatic rings. The van der Waals surface area contributed by atoms with Crippen LogP contribution in [-0.2, 0) is 0 Å². The van der Waals surface area contributed by atoms with Crippen molar-refractivity contribution in [3.8, 4) is 0 Å². The van der Waals surface area contributed by atoms with Gasteiger partial charge in [-0.05, 0) is 6.07 Å². The largest absolute Gasteiger partial charge is 0.433 e. The van der Waals surface area contributed by atoms with Crippen LogP contribution in [0.1, 0.15) is 11.7 Å². The van der Waals surface area contributed by atoms with E-state index in [-0.39, 0.29) is 25.0 Å². The average Bonchev–Trinajstić information content (AvgIpc) is 2.56. The minimum Gasteiger partial charge on any atom is -0.405 e. The van der Waals surface area contributed by atoms with Gasteiger partial charge in [-0.2, -0.15) is 0 Å². The van der Waals surface area contributed by atoms with Gasteiger partial charge in [-0.1, -0.05) is 0 Å². The SMILES string of the molecule is NCC(CO)c1ccc([N+](=O)[O-])o1. The molecule has 1 unspecified atom stereocenters. The molecule has 0 aromatic carbocycles. The second-order valence-corrected chi connectivity index (χ2v) is 2.55. The lowest BCUT2D eigenvalue weighted by Crippen LogP contribution is -2.15. The Hall–Kier alpha value is -1.40. The average molecular weight is 186 g/mol. The first-order chi connectivity index (χ1) is 6.19. The van der Waals surface area contributed by atoms with Gasteiger partial charge in [-0.25, -0.2) is 0 Å². The van der Waals surface area contributed by atoms with Crippen LogP contribution in [0, 0.1) is 10.1 Å². The summed E-state index contributed by atoms with van der Waals surface area (Å²) < 4.78 is 4.85. The second-order valence-electron chi connectivity index (χ2n) is 2.55. The van der Waals surface area contributed by atoms with E-state index >= 15 is 0 Å². The molecule has 0 spiro atoms. The number of nitrogens with two attached hydrogens (primary N) is 1. The molecule has 72 valence electrons. The number of rotatable bonds is 4. The van der Waals surface area contributed by atoms with Gasteiger partial charge in [0.15, 0.2) is 0 Å². The van der Waals surface area contributed by atoms with E-state index in [4.69, 9.17) is 15.3 Å². The van der Waals surface area contributed by atoms with Gasteiger partial charge in [0, 0.05) is 6.54 Å². The highest BCUT2D eigenvalue weighted by Crippen LogP contribution is 2.21. The van der Waals surface area contributed by atoms with Crippen molar-refractivity contribution in [2.45, 2.75) is 5.92 Å². The number of aliphatic hydroxyl groups excluding tert-OH is 1. The molecule has 0 aliphatic heterocycles. The number of hydrogen-bond acceptors (Lipinski definition) is 5. The third-order valence-electron chi connectivity index (χ3n) is 1.70. The highest BCUT2D eigenvalue weighted by molar-refractivity contribution is 5.20. The Labute approximate surface area is 74.1 Å². The van der Waals surface area contributed by atoms with Gasteiger partial charge >= 0.3 is 5.88 Å². The third-order valence-corrected chi connectivity index (χ3v) is 1.70. The van der Waals surface area contributed by atoms with Crippen molar-refractivity contribution >= 4 is 5.88 Å². The van der Waals surface area contributed by atoms with Gasteiger partial charge in [0.05, 0.1) is 18.6 Å². The molecule has 1 heterocycles. The zero-order valence-electron chi connectivity index (χ0n) is 6.84. The Morgan fingerprint density at radius 2 is 2.38 bits per heavy atom. The molecule has 13 heavy (non-hydrogen) atoms. The zero-order valence-corrected chi connectivity index (χ0v) is 6.84. The Morgan fingerprint density at radius 3 is 2.77 bits per heavy atom. The van der Waals surface area contributed by atoms with Crippen molar-refractivity contribution < 1.29 is 14.4 Å². The molecule has 1 atom stereocenters. The summed E-state index contributed by atoms with van der Waals surface area (Å²) in [4.78, 5) is 9.60. The number of furan rings is 1. The lowest BCUT2D eigenvalue weighted by Gasteiger charge is -2.05. The molecule has 0 saturated carbocycles. The zero-order chi connectivity index (χ0) is 9.84. The summed E-state index contributed by atoms with van der Waals surface area (Å²) in [6.07, 6.45) is 0. The standard InChI is InChI=1S/C7H10N2O4/c8-3-5(4-10)6-1-2-7(13-6)9(11)12/h1-2,5,10H,3-4,8H2. The van der Waals surface area contributed by atoms with E-state index in [0.717, 1.165) is 0 Å². The Kier molecular flexibility index (Phi) is 2.99. The molecule has 0 aliphatic carbocycles. The van der Waals surface area contributed by atoms with E-state index < -0.39 is 4.92 Å². The van der Waals surface area contributed by atoms with E-state index in [1.54, 1.807) is 0 Å². The molecule has 0 fully saturated rings. The molecular formula is C7H10N2O4.